The number of nitrogens with one attached hydrogen (secondary N) is 2. The fourth-order valence-corrected chi connectivity index (χ4v) is 2.88. The SMILES string of the molecule is CC(CN(C)Cc1ccccc1)NC(=O)C1(C)CCNC1. The zero-order chi connectivity index (χ0) is 15.3. The van der Waals surface area contributed by atoms with Gasteiger partial charge in [-0.25, -0.2) is 0 Å². The molecular weight excluding hydrogens is 262 g/mol. The van der Waals surface area contributed by atoms with Gasteiger partial charge in [0, 0.05) is 25.7 Å². The van der Waals surface area contributed by atoms with Crippen LogP contribution in [0.3, 0.4) is 0 Å². The molecule has 4 heteroatoms. The van der Waals surface area contributed by atoms with Crippen LogP contribution in [-0.2, 0) is 11.3 Å². The Labute approximate surface area is 127 Å². The van der Waals surface area contributed by atoms with Gasteiger partial charge in [0.2, 0.25) is 5.91 Å². The summed E-state index contributed by atoms with van der Waals surface area (Å²) >= 11 is 0. The summed E-state index contributed by atoms with van der Waals surface area (Å²) in [5.41, 5.74) is 1.05. The van der Waals surface area contributed by atoms with Crippen molar-refractivity contribution in [2.24, 2.45) is 5.41 Å². The number of nitrogens with zero attached hydrogens (tertiary/aromatic N) is 1. The molecule has 2 unspecified atom stereocenters. The van der Waals surface area contributed by atoms with Gasteiger partial charge in [0.25, 0.3) is 0 Å². The molecule has 2 atom stereocenters. The fraction of sp³-hybridized carbons (Fsp3) is 0.588. The molecule has 1 saturated heterocycles. The van der Waals surface area contributed by atoms with Gasteiger partial charge in [-0.05, 0) is 39.4 Å². The summed E-state index contributed by atoms with van der Waals surface area (Å²) in [5, 5.41) is 6.43. The molecule has 1 aromatic rings. The largest absolute Gasteiger partial charge is 0.352 e. The van der Waals surface area contributed by atoms with E-state index in [0.29, 0.717) is 0 Å². The lowest BCUT2D eigenvalue weighted by atomic mass is 9.88. The minimum Gasteiger partial charge on any atom is -0.352 e. The number of carbonyl (C=O) groups excluding carboxylic acids is 1. The summed E-state index contributed by atoms with van der Waals surface area (Å²) in [5.74, 6) is 0.174. The first kappa shape index (κ1) is 16.0. The molecule has 116 valence electrons. The number of benzene rings is 1. The van der Waals surface area contributed by atoms with Gasteiger partial charge < -0.3 is 15.5 Å². The van der Waals surface area contributed by atoms with Crippen LogP contribution in [0, 0.1) is 5.41 Å². The van der Waals surface area contributed by atoms with Crippen molar-refractivity contribution in [3.63, 3.8) is 0 Å². The van der Waals surface area contributed by atoms with E-state index in [2.05, 4.69) is 53.8 Å². The predicted octanol–water partition coefficient (Wildman–Crippen LogP) is 1.62. The molecule has 4 nitrogen and oxygen atoms in total. The molecule has 1 heterocycles. The maximum absolute atomic E-state index is 12.3. The van der Waals surface area contributed by atoms with Crippen LogP contribution in [0.1, 0.15) is 25.8 Å². The van der Waals surface area contributed by atoms with E-state index in [0.717, 1.165) is 32.6 Å². The molecule has 0 aliphatic carbocycles. The average Bonchev–Trinajstić information content (AvgIpc) is 2.87. The number of carbonyl (C=O) groups is 1. The highest BCUT2D eigenvalue weighted by Crippen LogP contribution is 2.24. The Bertz CT molecular complexity index is 454. The van der Waals surface area contributed by atoms with E-state index in [-0.39, 0.29) is 17.4 Å². The second-order valence-electron chi connectivity index (χ2n) is 6.54. The first-order chi connectivity index (χ1) is 9.99. The van der Waals surface area contributed by atoms with Crippen molar-refractivity contribution >= 4 is 5.91 Å². The van der Waals surface area contributed by atoms with Crippen molar-refractivity contribution in [1.82, 2.24) is 15.5 Å². The Morgan fingerprint density at radius 2 is 2.14 bits per heavy atom. The Balaban J connectivity index is 1.78. The van der Waals surface area contributed by atoms with E-state index in [1.165, 1.54) is 5.56 Å². The summed E-state index contributed by atoms with van der Waals surface area (Å²) in [4.78, 5) is 14.6. The Hall–Kier alpha value is -1.39. The average molecular weight is 289 g/mol. The van der Waals surface area contributed by atoms with E-state index in [9.17, 15) is 4.79 Å². The third-order valence-electron chi connectivity index (χ3n) is 4.18. The van der Waals surface area contributed by atoms with Crippen molar-refractivity contribution in [2.45, 2.75) is 32.9 Å². The lowest BCUT2D eigenvalue weighted by molar-refractivity contribution is -0.130. The smallest absolute Gasteiger partial charge is 0.227 e. The van der Waals surface area contributed by atoms with Gasteiger partial charge >= 0.3 is 0 Å². The number of hydrogen-bond acceptors (Lipinski definition) is 3. The molecule has 2 N–H and O–H groups in total. The van der Waals surface area contributed by atoms with Gasteiger partial charge in [0.1, 0.15) is 0 Å². The Morgan fingerprint density at radius 1 is 1.43 bits per heavy atom. The Morgan fingerprint density at radius 3 is 2.76 bits per heavy atom. The lowest BCUT2D eigenvalue weighted by Gasteiger charge is -2.27. The highest BCUT2D eigenvalue weighted by atomic mass is 16.2. The second kappa shape index (κ2) is 7.05. The zero-order valence-corrected chi connectivity index (χ0v) is 13.4. The van der Waals surface area contributed by atoms with E-state index in [1.807, 2.05) is 13.0 Å². The molecule has 0 aromatic heterocycles. The molecule has 2 rings (SSSR count). The highest BCUT2D eigenvalue weighted by molar-refractivity contribution is 5.83. The standard InChI is InChI=1S/C17H27N3O/c1-14(19-16(21)17(2)9-10-18-13-17)11-20(3)12-15-7-5-4-6-8-15/h4-8,14,18H,9-13H2,1-3H3,(H,19,21). The van der Waals surface area contributed by atoms with Gasteiger partial charge in [-0.2, -0.15) is 0 Å². The number of rotatable bonds is 6. The van der Waals surface area contributed by atoms with Crippen LogP contribution in [0.15, 0.2) is 30.3 Å². The minimum absolute atomic E-state index is 0.156. The summed E-state index contributed by atoms with van der Waals surface area (Å²) in [6, 6.07) is 10.6. The summed E-state index contributed by atoms with van der Waals surface area (Å²) in [6.45, 7) is 7.59. The zero-order valence-electron chi connectivity index (χ0n) is 13.4. The van der Waals surface area contributed by atoms with Crippen molar-refractivity contribution < 1.29 is 4.79 Å². The molecule has 0 spiro atoms. The van der Waals surface area contributed by atoms with Gasteiger partial charge in [-0.1, -0.05) is 30.3 Å². The third-order valence-corrected chi connectivity index (χ3v) is 4.18. The van der Waals surface area contributed by atoms with Crippen molar-refractivity contribution in [1.29, 1.82) is 0 Å². The van der Waals surface area contributed by atoms with Gasteiger partial charge in [-0.15, -0.1) is 0 Å². The van der Waals surface area contributed by atoms with Gasteiger partial charge in [0.15, 0.2) is 0 Å². The summed E-state index contributed by atoms with van der Waals surface area (Å²) in [6.07, 6.45) is 0.922. The molecule has 21 heavy (non-hydrogen) atoms. The molecule has 1 aromatic carbocycles. The number of amides is 1. The van der Waals surface area contributed by atoms with E-state index >= 15 is 0 Å². The molecule has 1 aliphatic heterocycles. The maximum atomic E-state index is 12.3. The lowest BCUT2D eigenvalue weighted by Crippen LogP contribution is -2.47. The quantitative estimate of drug-likeness (QED) is 0.836. The van der Waals surface area contributed by atoms with Crippen LogP contribution in [0.25, 0.3) is 0 Å². The van der Waals surface area contributed by atoms with Crippen LogP contribution in [0.4, 0.5) is 0 Å². The molecular formula is C17H27N3O. The molecule has 1 amide bonds. The van der Waals surface area contributed by atoms with Crippen LogP contribution in [-0.4, -0.2) is 43.5 Å². The monoisotopic (exact) mass is 289 g/mol. The minimum atomic E-state index is -0.244. The van der Waals surface area contributed by atoms with Gasteiger partial charge in [-0.3, -0.25) is 4.79 Å². The Kier molecular flexibility index (Phi) is 5.37. The van der Waals surface area contributed by atoms with Crippen molar-refractivity contribution in [3.8, 4) is 0 Å². The second-order valence-corrected chi connectivity index (χ2v) is 6.54. The number of likely N-dealkylation sites (N-methyl/N-ethyl adjacent to an activating group) is 1. The predicted molar refractivity (Wildman–Crippen MR) is 86.0 cm³/mol. The normalized spacial score (nSPS) is 23.2. The van der Waals surface area contributed by atoms with Crippen LogP contribution >= 0.6 is 0 Å². The molecule has 1 fully saturated rings. The van der Waals surface area contributed by atoms with Gasteiger partial charge in [0.05, 0.1) is 5.41 Å². The van der Waals surface area contributed by atoms with E-state index in [4.69, 9.17) is 0 Å². The maximum Gasteiger partial charge on any atom is 0.227 e. The van der Waals surface area contributed by atoms with E-state index in [1.54, 1.807) is 0 Å². The first-order valence-electron chi connectivity index (χ1n) is 7.74. The molecule has 0 bridgehead atoms. The molecule has 1 aliphatic rings. The van der Waals surface area contributed by atoms with E-state index < -0.39 is 0 Å². The third kappa shape index (κ3) is 4.55. The summed E-state index contributed by atoms with van der Waals surface area (Å²) < 4.78 is 0. The topological polar surface area (TPSA) is 44.4 Å². The van der Waals surface area contributed by atoms with Crippen molar-refractivity contribution in [3.05, 3.63) is 35.9 Å². The van der Waals surface area contributed by atoms with Crippen LogP contribution in [0.5, 0.6) is 0 Å². The fourth-order valence-electron chi connectivity index (χ4n) is 2.88. The summed E-state index contributed by atoms with van der Waals surface area (Å²) in [7, 11) is 2.09. The van der Waals surface area contributed by atoms with Crippen molar-refractivity contribution in [2.75, 3.05) is 26.7 Å². The van der Waals surface area contributed by atoms with Crippen LogP contribution < -0.4 is 10.6 Å². The number of hydrogen-bond donors (Lipinski definition) is 2. The first-order valence-corrected chi connectivity index (χ1v) is 7.74. The van der Waals surface area contributed by atoms with Crippen LogP contribution in [0.2, 0.25) is 0 Å². The highest BCUT2D eigenvalue weighted by Gasteiger charge is 2.36. The molecule has 0 saturated carbocycles. The molecule has 0 radical (unpaired) electrons.